The lowest BCUT2D eigenvalue weighted by molar-refractivity contribution is 0.0379. The Morgan fingerprint density at radius 1 is 1.25 bits per heavy atom. The van der Waals surface area contributed by atoms with Gasteiger partial charge >= 0.3 is 0 Å². The zero-order valence-electron chi connectivity index (χ0n) is 10.3. The number of rotatable bonds is 5. The molecule has 2 unspecified atom stereocenters. The van der Waals surface area contributed by atoms with Crippen molar-refractivity contribution in [1.29, 1.82) is 0 Å². The summed E-state index contributed by atoms with van der Waals surface area (Å²) in [5, 5.41) is 3.61. The van der Waals surface area contributed by atoms with Crippen molar-refractivity contribution in [2.24, 2.45) is 5.92 Å². The van der Waals surface area contributed by atoms with Crippen LogP contribution < -0.4 is 5.32 Å². The molecular formula is C12H24N2O2. The highest BCUT2D eigenvalue weighted by Crippen LogP contribution is 2.15. The monoisotopic (exact) mass is 228 g/mol. The van der Waals surface area contributed by atoms with E-state index in [1.54, 1.807) is 0 Å². The molecule has 2 heterocycles. The van der Waals surface area contributed by atoms with Crippen molar-refractivity contribution in [3.05, 3.63) is 0 Å². The van der Waals surface area contributed by atoms with Crippen LogP contribution >= 0.6 is 0 Å². The summed E-state index contributed by atoms with van der Waals surface area (Å²) in [6.45, 7) is 10.3. The molecule has 0 radical (unpaired) electrons. The van der Waals surface area contributed by atoms with Crippen molar-refractivity contribution >= 4 is 0 Å². The second-order valence-electron chi connectivity index (χ2n) is 4.82. The molecule has 2 rings (SSSR count). The fourth-order valence-corrected chi connectivity index (χ4v) is 2.39. The third-order valence-corrected chi connectivity index (χ3v) is 3.67. The minimum absolute atomic E-state index is 0.587. The zero-order chi connectivity index (χ0) is 11.2. The van der Waals surface area contributed by atoms with Gasteiger partial charge in [-0.05, 0) is 19.3 Å². The number of ether oxygens (including phenoxy) is 2. The van der Waals surface area contributed by atoms with Gasteiger partial charge in [0.1, 0.15) is 0 Å². The summed E-state index contributed by atoms with van der Waals surface area (Å²) in [5.41, 5.74) is 0. The Balaban J connectivity index is 1.56. The van der Waals surface area contributed by atoms with Gasteiger partial charge in [0.25, 0.3) is 0 Å². The highest BCUT2D eigenvalue weighted by Gasteiger charge is 2.21. The van der Waals surface area contributed by atoms with E-state index in [0.29, 0.717) is 12.0 Å². The summed E-state index contributed by atoms with van der Waals surface area (Å²) in [6, 6.07) is 0.587. The molecule has 0 aromatic rings. The maximum absolute atomic E-state index is 5.41. The van der Waals surface area contributed by atoms with E-state index in [9.17, 15) is 0 Å². The van der Waals surface area contributed by atoms with Gasteiger partial charge in [0, 0.05) is 38.8 Å². The molecule has 0 aliphatic carbocycles. The topological polar surface area (TPSA) is 33.7 Å². The van der Waals surface area contributed by atoms with Crippen LogP contribution in [0, 0.1) is 5.92 Å². The third kappa shape index (κ3) is 3.70. The molecule has 0 saturated carbocycles. The standard InChI is InChI=1S/C12H24N2O2/c1-11(12-2-7-16-10-12)13-3-4-14-5-8-15-9-6-14/h11-13H,2-10H2,1H3. The van der Waals surface area contributed by atoms with E-state index < -0.39 is 0 Å². The lowest BCUT2D eigenvalue weighted by Crippen LogP contribution is -2.43. The molecule has 0 spiro atoms. The number of hydrogen-bond donors (Lipinski definition) is 1. The summed E-state index contributed by atoms with van der Waals surface area (Å²) in [6.07, 6.45) is 1.21. The Kier molecular flexibility index (Phi) is 5.03. The number of nitrogens with zero attached hydrogens (tertiary/aromatic N) is 1. The van der Waals surface area contributed by atoms with Crippen LogP contribution in [0.1, 0.15) is 13.3 Å². The van der Waals surface area contributed by atoms with Crippen molar-refractivity contribution < 1.29 is 9.47 Å². The Hall–Kier alpha value is -0.160. The first-order chi connectivity index (χ1) is 7.86. The van der Waals surface area contributed by atoms with Crippen molar-refractivity contribution in [2.45, 2.75) is 19.4 Å². The fourth-order valence-electron chi connectivity index (χ4n) is 2.39. The van der Waals surface area contributed by atoms with Crippen LogP contribution in [-0.4, -0.2) is 63.5 Å². The second-order valence-corrected chi connectivity index (χ2v) is 4.82. The van der Waals surface area contributed by atoms with Gasteiger partial charge in [-0.2, -0.15) is 0 Å². The van der Waals surface area contributed by atoms with E-state index in [2.05, 4.69) is 17.1 Å². The molecule has 0 bridgehead atoms. The van der Waals surface area contributed by atoms with Crippen LogP contribution in [0.15, 0.2) is 0 Å². The number of hydrogen-bond acceptors (Lipinski definition) is 4. The largest absolute Gasteiger partial charge is 0.381 e. The van der Waals surface area contributed by atoms with Gasteiger partial charge in [-0.1, -0.05) is 0 Å². The summed E-state index contributed by atoms with van der Waals surface area (Å²) < 4.78 is 10.7. The van der Waals surface area contributed by atoms with Crippen LogP contribution in [0.25, 0.3) is 0 Å². The molecule has 0 amide bonds. The predicted octanol–water partition coefficient (Wildman–Crippen LogP) is 0.333. The molecule has 94 valence electrons. The van der Waals surface area contributed by atoms with Gasteiger partial charge in [-0.25, -0.2) is 0 Å². The summed E-state index contributed by atoms with van der Waals surface area (Å²) >= 11 is 0. The maximum atomic E-state index is 5.41. The normalized spacial score (nSPS) is 29.4. The van der Waals surface area contributed by atoms with Crippen molar-refractivity contribution in [3.8, 4) is 0 Å². The van der Waals surface area contributed by atoms with Crippen LogP contribution in [0.2, 0.25) is 0 Å². The van der Waals surface area contributed by atoms with Gasteiger partial charge in [0.05, 0.1) is 19.8 Å². The molecule has 2 atom stereocenters. The molecule has 0 aromatic carbocycles. The Labute approximate surface area is 98.3 Å². The van der Waals surface area contributed by atoms with Crippen molar-refractivity contribution in [1.82, 2.24) is 10.2 Å². The smallest absolute Gasteiger partial charge is 0.0594 e. The van der Waals surface area contributed by atoms with E-state index in [-0.39, 0.29) is 0 Å². The minimum atomic E-state index is 0.587. The molecular weight excluding hydrogens is 204 g/mol. The molecule has 2 aliphatic rings. The average molecular weight is 228 g/mol. The van der Waals surface area contributed by atoms with E-state index >= 15 is 0 Å². The van der Waals surface area contributed by atoms with Crippen LogP contribution in [-0.2, 0) is 9.47 Å². The lowest BCUT2D eigenvalue weighted by Gasteiger charge is -2.28. The minimum Gasteiger partial charge on any atom is -0.381 e. The summed E-state index contributed by atoms with van der Waals surface area (Å²) in [5.74, 6) is 0.713. The van der Waals surface area contributed by atoms with Crippen molar-refractivity contribution in [2.75, 3.05) is 52.6 Å². The molecule has 4 nitrogen and oxygen atoms in total. The summed E-state index contributed by atoms with van der Waals surface area (Å²) in [7, 11) is 0. The van der Waals surface area contributed by atoms with Gasteiger partial charge in [-0.3, -0.25) is 4.90 Å². The van der Waals surface area contributed by atoms with Crippen LogP contribution in [0.5, 0.6) is 0 Å². The molecule has 1 N–H and O–H groups in total. The quantitative estimate of drug-likeness (QED) is 0.735. The molecule has 4 heteroatoms. The van der Waals surface area contributed by atoms with Gasteiger partial charge in [-0.15, -0.1) is 0 Å². The Bertz CT molecular complexity index is 189. The Morgan fingerprint density at radius 3 is 2.75 bits per heavy atom. The third-order valence-electron chi connectivity index (χ3n) is 3.67. The van der Waals surface area contributed by atoms with E-state index in [1.165, 1.54) is 6.42 Å². The maximum Gasteiger partial charge on any atom is 0.0594 e. The molecule has 2 aliphatic heterocycles. The van der Waals surface area contributed by atoms with Crippen LogP contribution in [0.4, 0.5) is 0 Å². The molecule has 0 aromatic heterocycles. The lowest BCUT2D eigenvalue weighted by atomic mass is 10.0. The Morgan fingerprint density at radius 2 is 2.06 bits per heavy atom. The highest BCUT2D eigenvalue weighted by atomic mass is 16.5. The first kappa shape index (κ1) is 12.3. The van der Waals surface area contributed by atoms with E-state index in [0.717, 1.165) is 52.6 Å². The molecule has 16 heavy (non-hydrogen) atoms. The first-order valence-electron chi connectivity index (χ1n) is 6.47. The SMILES string of the molecule is CC(NCCN1CCOCC1)C1CCOC1. The second kappa shape index (κ2) is 6.55. The van der Waals surface area contributed by atoms with Crippen molar-refractivity contribution in [3.63, 3.8) is 0 Å². The molecule has 2 saturated heterocycles. The van der Waals surface area contributed by atoms with Gasteiger partial charge in [0.2, 0.25) is 0 Å². The predicted molar refractivity (Wildman–Crippen MR) is 63.6 cm³/mol. The average Bonchev–Trinajstić information content (AvgIpc) is 2.84. The highest BCUT2D eigenvalue weighted by molar-refractivity contribution is 4.76. The first-order valence-corrected chi connectivity index (χ1v) is 6.47. The molecule has 2 fully saturated rings. The van der Waals surface area contributed by atoms with Gasteiger partial charge in [0.15, 0.2) is 0 Å². The van der Waals surface area contributed by atoms with E-state index in [1.807, 2.05) is 0 Å². The van der Waals surface area contributed by atoms with E-state index in [4.69, 9.17) is 9.47 Å². The number of morpholine rings is 1. The van der Waals surface area contributed by atoms with Crippen LogP contribution in [0.3, 0.4) is 0 Å². The zero-order valence-corrected chi connectivity index (χ0v) is 10.3. The fraction of sp³-hybridized carbons (Fsp3) is 1.00. The number of nitrogens with one attached hydrogen (secondary N) is 1. The van der Waals surface area contributed by atoms with Gasteiger partial charge < -0.3 is 14.8 Å². The summed E-state index contributed by atoms with van der Waals surface area (Å²) in [4.78, 5) is 2.47.